The van der Waals surface area contributed by atoms with Gasteiger partial charge in [-0.15, -0.1) is 0 Å². The van der Waals surface area contributed by atoms with E-state index < -0.39 is 5.60 Å². The summed E-state index contributed by atoms with van der Waals surface area (Å²) in [6.07, 6.45) is 5.36. The number of rotatable bonds is 7. The minimum atomic E-state index is -0.739. The van der Waals surface area contributed by atoms with Gasteiger partial charge in [0.05, 0.1) is 0 Å². The molecule has 1 N–H and O–H groups in total. The Balaban J connectivity index is 1.24. The molecule has 3 aromatic rings. The summed E-state index contributed by atoms with van der Waals surface area (Å²) in [5.41, 5.74) is 6.77. The van der Waals surface area contributed by atoms with Crippen molar-refractivity contribution in [1.29, 1.82) is 0 Å². The van der Waals surface area contributed by atoms with Crippen molar-refractivity contribution in [1.82, 2.24) is 0 Å². The average molecular weight is 519 g/mol. The van der Waals surface area contributed by atoms with Crippen molar-refractivity contribution >= 4 is 11.8 Å². The van der Waals surface area contributed by atoms with Crippen LogP contribution in [0.15, 0.2) is 48.5 Å². The van der Waals surface area contributed by atoms with Gasteiger partial charge in [-0.2, -0.15) is 11.8 Å². The van der Waals surface area contributed by atoms with Crippen LogP contribution < -0.4 is 9.47 Å². The smallest absolute Gasteiger partial charge is 0.130 e. The highest BCUT2D eigenvalue weighted by Gasteiger charge is 2.32. The molecule has 0 aromatic heterocycles. The van der Waals surface area contributed by atoms with E-state index in [0.717, 1.165) is 76.5 Å². The molecule has 6 rings (SSSR count). The number of fused-ring (bicyclic) bond motifs is 1. The Kier molecular flexibility index (Phi) is 6.70. The van der Waals surface area contributed by atoms with Crippen molar-refractivity contribution in [2.24, 2.45) is 0 Å². The van der Waals surface area contributed by atoms with E-state index in [0.29, 0.717) is 18.1 Å². The molecule has 2 aliphatic carbocycles. The van der Waals surface area contributed by atoms with Gasteiger partial charge in [-0.05, 0) is 134 Å². The van der Waals surface area contributed by atoms with Crippen molar-refractivity contribution in [2.45, 2.75) is 70.0 Å². The Morgan fingerprint density at radius 3 is 2.32 bits per heavy atom. The predicted octanol–water partition coefficient (Wildman–Crippen LogP) is 7.69. The maximum Gasteiger partial charge on any atom is 0.130 e. The molecular weight excluding hydrogens is 483 g/mol. The van der Waals surface area contributed by atoms with Gasteiger partial charge in [-0.1, -0.05) is 18.2 Å². The Morgan fingerprint density at radius 1 is 0.946 bits per heavy atom. The number of aliphatic hydroxyl groups is 1. The molecule has 1 saturated carbocycles. The number of benzene rings is 3. The quantitative estimate of drug-likeness (QED) is 0.348. The predicted molar refractivity (Wildman–Crippen MR) is 148 cm³/mol. The fraction of sp³-hybridized carbons (Fsp3) is 0.438. The second-order valence-corrected chi connectivity index (χ2v) is 12.3. The van der Waals surface area contributed by atoms with E-state index in [-0.39, 0.29) is 11.9 Å². The maximum absolute atomic E-state index is 15.2. The van der Waals surface area contributed by atoms with E-state index in [2.05, 4.69) is 26.0 Å². The fourth-order valence-electron chi connectivity index (χ4n) is 5.97. The lowest BCUT2D eigenvalue weighted by atomic mass is 9.90. The van der Waals surface area contributed by atoms with Gasteiger partial charge in [0.25, 0.3) is 0 Å². The van der Waals surface area contributed by atoms with Crippen LogP contribution in [0, 0.1) is 19.7 Å². The molecule has 0 radical (unpaired) electrons. The molecular formula is C32H35FO3S. The lowest BCUT2D eigenvalue weighted by Gasteiger charge is -2.31. The lowest BCUT2D eigenvalue weighted by Crippen LogP contribution is -2.39. The molecule has 0 bridgehead atoms. The van der Waals surface area contributed by atoms with Crippen molar-refractivity contribution in [3.63, 3.8) is 0 Å². The van der Waals surface area contributed by atoms with Gasteiger partial charge in [0, 0.05) is 5.56 Å². The normalized spacial score (nSPS) is 20.5. The summed E-state index contributed by atoms with van der Waals surface area (Å²) in [4.78, 5) is 0. The molecule has 3 nitrogen and oxygen atoms in total. The standard InChI is InChI=1S/C32H35FO3S/c1-20-17-25(35-19-32(34)13-15-37-16-14-32)18-21(2)30(20)26-9-11-28(33)31-27(26)10-12-29(31)36-24-7-5-23(6-8-24)22-3-4-22/h5-9,11,17-18,22,29,34H,3-4,10,12-16,19H2,1-2H3. The first-order valence-electron chi connectivity index (χ1n) is 13.5. The van der Waals surface area contributed by atoms with E-state index >= 15 is 4.39 Å². The monoisotopic (exact) mass is 518 g/mol. The highest BCUT2D eigenvalue weighted by Crippen LogP contribution is 2.45. The van der Waals surface area contributed by atoms with Gasteiger partial charge in [0.1, 0.15) is 35.6 Å². The topological polar surface area (TPSA) is 38.7 Å². The Labute approximate surface area is 223 Å². The summed E-state index contributed by atoms with van der Waals surface area (Å²) >= 11 is 1.89. The molecule has 194 valence electrons. The summed E-state index contributed by atoms with van der Waals surface area (Å²) in [5, 5.41) is 10.8. The lowest BCUT2D eigenvalue weighted by molar-refractivity contribution is -0.0115. The highest BCUT2D eigenvalue weighted by molar-refractivity contribution is 7.99. The van der Waals surface area contributed by atoms with Crippen molar-refractivity contribution in [3.05, 3.63) is 82.2 Å². The minimum absolute atomic E-state index is 0.190. The first kappa shape index (κ1) is 24.8. The van der Waals surface area contributed by atoms with E-state index in [9.17, 15) is 5.11 Å². The van der Waals surface area contributed by atoms with E-state index in [1.165, 1.54) is 18.4 Å². The van der Waals surface area contributed by atoms with Crippen LogP contribution in [0.2, 0.25) is 0 Å². The summed E-state index contributed by atoms with van der Waals surface area (Å²) < 4.78 is 27.6. The molecule has 1 unspecified atom stereocenters. The zero-order valence-corrected chi connectivity index (χ0v) is 22.5. The number of aryl methyl sites for hydroxylation is 2. The molecule has 1 atom stereocenters. The van der Waals surface area contributed by atoms with Crippen molar-refractivity contribution < 1.29 is 19.0 Å². The molecule has 37 heavy (non-hydrogen) atoms. The van der Waals surface area contributed by atoms with E-state index in [1.807, 2.05) is 42.1 Å². The van der Waals surface area contributed by atoms with Gasteiger partial charge in [-0.3, -0.25) is 0 Å². The first-order chi connectivity index (χ1) is 17.9. The molecule has 2 fully saturated rings. The Morgan fingerprint density at radius 2 is 1.65 bits per heavy atom. The van der Waals surface area contributed by atoms with Crippen LogP contribution in [0.5, 0.6) is 11.5 Å². The van der Waals surface area contributed by atoms with Gasteiger partial charge in [-0.25, -0.2) is 4.39 Å². The molecule has 5 heteroatoms. The molecule has 1 aliphatic heterocycles. The molecule has 1 saturated heterocycles. The maximum atomic E-state index is 15.2. The van der Waals surface area contributed by atoms with Crippen LogP contribution in [0.4, 0.5) is 4.39 Å². The molecule has 1 heterocycles. The number of hydrogen-bond acceptors (Lipinski definition) is 4. The summed E-state index contributed by atoms with van der Waals surface area (Å²) in [6.45, 7) is 4.49. The average Bonchev–Trinajstić information content (AvgIpc) is 3.65. The number of hydrogen-bond donors (Lipinski definition) is 1. The second-order valence-electron chi connectivity index (χ2n) is 11.0. The third-order valence-corrected chi connectivity index (χ3v) is 9.18. The number of thioether (sulfide) groups is 1. The number of ether oxygens (including phenoxy) is 2. The summed E-state index contributed by atoms with van der Waals surface area (Å²) in [7, 11) is 0. The highest BCUT2D eigenvalue weighted by atomic mass is 32.2. The van der Waals surface area contributed by atoms with Gasteiger partial charge in [0.15, 0.2) is 0 Å². The van der Waals surface area contributed by atoms with Crippen LogP contribution >= 0.6 is 11.8 Å². The second kappa shape index (κ2) is 9.99. The SMILES string of the molecule is Cc1cc(OCC2(O)CCSCC2)cc(C)c1-c1ccc(F)c2c1CCC2Oc1ccc(C2CC2)cc1. The summed E-state index contributed by atoms with van der Waals surface area (Å²) in [6, 6.07) is 16.0. The van der Waals surface area contributed by atoms with Crippen molar-refractivity contribution in [3.8, 4) is 22.6 Å². The molecule has 3 aliphatic rings. The van der Waals surface area contributed by atoms with Crippen LogP contribution in [0.1, 0.15) is 71.9 Å². The molecule has 0 spiro atoms. The van der Waals surface area contributed by atoms with E-state index in [1.54, 1.807) is 6.07 Å². The molecule has 3 aromatic carbocycles. The van der Waals surface area contributed by atoms with E-state index in [4.69, 9.17) is 9.47 Å². The Hall–Kier alpha value is -2.50. The van der Waals surface area contributed by atoms with Gasteiger partial charge >= 0.3 is 0 Å². The first-order valence-corrected chi connectivity index (χ1v) is 14.7. The van der Waals surface area contributed by atoms with Crippen molar-refractivity contribution in [2.75, 3.05) is 18.1 Å². The molecule has 0 amide bonds. The minimum Gasteiger partial charge on any atom is -0.491 e. The van der Waals surface area contributed by atoms with Crippen LogP contribution in [0.25, 0.3) is 11.1 Å². The Bertz CT molecular complexity index is 1270. The van der Waals surface area contributed by atoms with Crippen LogP contribution in [-0.4, -0.2) is 28.8 Å². The summed E-state index contributed by atoms with van der Waals surface area (Å²) in [5.74, 6) is 4.05. The zero-order valence-electron chi connectivity index (χ0n) is 21.7. The number of halogens is 1. The zero-order chi connectivity index (χ0) is 25.6. The fourth-order valence-corrected chi connectivity index (χ4v) is 7.22. The van der Waals surface area contributed by atoms with Gasteiger partial charge in [0.2, 0.25) is 0 Å². The third kappa shape index (κ3) is 5.13. The third-order valence-electron chi connectivity index (χ3n) is 8.20. The van der Waals surface area contributed by atoms with Crippen LogP contribution in [-0.2, 0) is 6.42 Å². The largest absolute Gasteiger partial charge is 0.491 e. The van der Waals surface area contributed by atoms with Gasteiger partial charge < -0.3 is 14.6 Å². The van der Waals surface area contributed by atoms with Crippen LogP contribution in [0.3, 0.4) is 0 Å².